The summed E-state index contributed by atoms with van der Waals surface area (Å²) in [6.45, 7) is 0.718. The third-order valence-electron chi connectivity index (χ3n) is 2.84. The number of hydrogen-bond acceptors (Lipinski definition) is 4. The van der Waals surface area contributed by atoms with Gasteiger partial charge in [0.1, 0.15) is 12.2 Å². The van der Waals surface area contributed by atoms with E-state index in [1.54, 1.807) is 12.7 Å². The first-order valence-electron chi connectivity index (χ1n) is 5.90. The molecule has 2 aliphatic rings. The molecular formula is C13H13N5. The molecule has 3 rings (SSSR count). The molecule has 0 fully saturated rings. The molecule has 1 aromatic carbocycles. The number of amidine groups is 2. The monoisotopic (exact) mass is 239 g/mol. The van der Waals surface area contributed by atoms with Crippen LogP contribution in [-0.2, 0) is 6.42 Å². The number of hydrogen-bond donors (Lipinski definition) is 1. The Bertz CT molecular complexity index is 542. The third kappa shape index (κ3) is 2.20. The second-order valence-electron chi connectivity index (χ2n) is 4.06. The van der Waals surface area contributed by atoms with Crippen LogP contribution in [0, 0.1) is 0 Å². The molecule has 2 heterocycles. The van der Waals surface area contributed by atoms with Gasteiger partial charge in [0, 0.05) is 6.54 Å². The van der Waals surface area contributed by atoms with Crippen molar-refractivity contribution in [1.82, 2.24) is 5.32 Å². The lowest BCUT2D eigenvalue weighted by Gasteiger charge is -2.14. The van der Waals surface area contributed by atoms with E-state index in [-0.39, 0.29) is 6.04 Å². The zero-order valence-corrected chi connectivity index (χ0v) is 9.82. The Balaban J connectivity index is 1.66. The average molecular weight is 239 g/mol. The van der Waals surface area contributed by atoms with E-state index in [0.29, 0.717) is 0 Å². The molecule has 0 spiro atoms. The molecular weight excluding hydrogens is 226 g/mol. The lowest BCUT2D eigenvalue weighted by molar-refractivity contribution is 0.944. The van der Waals surface area contributed by atoms with Gasteiger partial charge >= 0.3 is 0 Å². The molecule has 1 aromatic rings. The molecule has 0 bridgehead atoms. The zero-order valence-electron chi connectivity index (χ0n) is 9.82. The van der Waals surface area contributed by atoms with E-state index in [1.807, 2.05) is 18.2 Å². The number of aliphatic imine (C=N–C) groups is 4. The van der Waals surface area contributed by atoms with E-state index in [1.165, 1.54) is 5.56 Å². The van der Waals surface area contributed by atoms with Crippen molar-refractivity contribution in [3.63, 3.8) is 0 Å². The van der Waals surface area contributed by atoms with Crippen LogP contribution < -0.4 is 5.32 Å². The molecule has 18 heavy (non-hydrogen) atoms. The summed E-state index contributed by atoms with van der Waals surface area (Å²) < 4.78 is 0. The van der Waals surface area contributed by atoms with Gasteiger partial charge < -0.3 is 5.32 Å². The molecule has 0 radical (unpaired) electrons. The number of benzene rings is 1. The predicted octanol–water partition coefficient (Wildman–Crippen LogP) is 1.07. The first-order valence-corrected chi connectivity index (χ1v) is 5.90. The molecule has 2 aliphatic heterocycles. The molecule has 90 valence electrons. The summed E-state index contributed by atoms with van der Waals surface area (Å²) in [5.74, 6) is 1.54. The van der Waals surface area contributed by atoms with E-state index in [4.69, 9.17) is 0 Å². The van der Waals surface area contributed by atoms with E-state index < -0.39 is 0 Å². The van der Waals surface area contributed by atoms with Gasteiger partial charge in [-0.05, 0) is 12.0 Å². The fourth-order valence-corrected chi connectivity index (χ4v) is 1.92. The van der Waals surface area contributed by atoms with Crippen molar-refractivity contribution in [3.8, 4) is 0 Å². The summed E-state index contributed by atoms with van der Waals surface area (Å²) in [7, 11) is 0. The van der Waals surface area contributed by atoms with Crippen LogP contribution >= 0.6 is 0 Å². The minimum absolute atomic E-state index is 0.134. The normalized spacial score (nSPS) is 22.8. The maximum Gasteiger partial charge on any atom is 0.168 e. The maximum atomic E-state index is 4.51. The lowest BCUT2D eigenvalue weighted by atomic mass is 10.1. The summed E-state index contributed by atoms with van der Waals surface area (Å²) in [5, 5.41) is 2.97. The Morgan fingerprint density at radius 3 is 3.00 bits per heavy atom. The van der Waals surface area contributed by atoms with Crippen molar-refractivity contribution in [2.75, 3.05) is 6.54 Å². The van der Waals surface area contributed by atoms with E-state index >= 15 is 0 Å². The Morgan fingerprint density at radius 2 is 2.11 bits per heavy atom. The highest BCUT2D eigenvalue weighted by atomic mass is 15.2. The van der Waals surface area contributed by atoms with Gasteiger partial charge in [-0.3, -0.25) is 9.98 Å². The Hall–Kier alpha value is -2.30. The number of fused-ring (bicyclic) bond motifs is 1. The highest BCUT2D eigenvalue weighted by Crippen LogP contribution is 2.07. The highest BCUT2D eigenvalue weighted by molar-refractivity contribution is 6.21. The first-order chi connectivity index (χ1) is 8.93. The van der Waals surface area contributed by atoms with Crippen LogP contribution in [0.25, 0.3) is 0 Å². The molecule has 0 saturated carbocycles. The van der Waals surface area contributed by atoms with Crippen LogP contribution in [0.3, 0.4) is 0 Å². The van der Waals surface area contributed by atoms with Gasteiger partial charge in [0.15, 0.2) is 11.9 Å². The molecule has 1 unspecified atom stereocenters. The van der Waals surface area contributed by atoms with Crippen molar-refractivity contribution >= 4 is 24.3 Å². The summed E-state index contributed by atoms with van der Waals surface area (Å²) in [4.78, 5) is 17.1. The van der Waals surface area contributed by atoms with Gasteiger partial charge in [-0.1, -0.05) is 30.3 Å². The number of nitrogens with zero attached hydrogens (tertiary/aromatic N) is 4. The summed E-state index contributed by atoms with van der Waals surface area (Å²) in [6, 6.07) is 10.2. The van der Waals surface area contributed by atoms with E-state index in [0.717, 1.165) is 24.6 Å². The van der Waals surface area contributed by atoms with Gasteiger partial charge in [0.2, 0.25) is 0 Å². The van der Waals surface area contributed by atoms with Crippen molar-refractivity contribution in [2.24, 2.45) is 20.0 Å². The van der Waals surface area contributed by atoms with Crippen molar-refractivity contribution in [1.29, 1.82) is 0 Å². The van der Waals surface area contributed by atoms with Crippen molar-refractivity contribution < 1.29 is 0 Å². The van der Waals surface area contributed by atoms with Crippen LogP contribution in [0.5, 0.6) is 0 Å². The summed E-state index contributed by atoms with van der Waals surface area (Å²) >= 11 is 0. The number of rotatable bonds is 3. The Morgan fingerprint density at radius 1 is 1.22 bits per heavy atom. The van der Waals surface area contributed by atoms with Crippen LogP contribution in [-0.4, -0.2) is 36.9 Å². The van der Waals surface area contributed by atoms with E-state index in [9.17, 15) is 0 Å². The van der Waals surface area contributed by atoms with E-state index in [2.05, 4.69) is 37.4 Å². The fourth-order valence-electron chi connectivity index (χ4n) is 1.92. The predicted molar refractivity (Wildman–Crippen MR) is 73.8 cm³/mol. The summed E-state index contributed by atoms with van der Waals surface area (Å²) in [5.41, 5.74) is 1.28. The molecule has 0 amide bonds. The van der Waals surface area contributed by atoms with Crippen LogP contribution in [0.15, 0.2) is 50.3 Å². The highest BCUT2D eigenvalue weighted by Gasteiger charge is 2.25. The Kier molecular flexibility index (Phi) is 2.96. The first kappa shape index (κ1) is 10.8. The van der Waals surface area contributed by atoms with Gasteiger partial charge in [-0.15, -0.1) is 0 Å². The third-order valence-corrected chi connectivity index (χ3v) is 2.84. The zero-order chi connectivity index (χ0) is 12.2. The fraction of sp³-hybridized carbons (Fsp3) is 0.231. The maximum absolute atomic E-state index is 4.51. The standard InChI is InChI=1S/C13H13N5/c1-2-4-10(5-3-1)6-7-14-12-11-13(16-8-15-11)18-9-17-12/h1-5,8-9,11H,6-7H2,(H,14,15,16,17,18). The smallest absolute Gasteiger partial charge is 0.168 e. The molecule has 0 aromatic heterocycles. The molecule has 0 saturated heterocycles. The topological polar surface area (TPSA) is 61.5 Å². The summed E-state index contributed by atoms with van der Waals surface area (Å²) in [6.07, 6.45) is 4.08. The molecule has 1 atom stereocenters. The molecule has 1 N–H and O–H groups in total. The molecule has 0 aliphatic carbocycles. The van der Waals surface area contributed by atoms with Crippen molar-refractivity contribution in [2.45, 2.75) is 12.5 Å². The largest absolute Gasteiger partial charge is 0.332 e. The van der Waals surface area contributed by atoms with Crippen LogP contribution in [0.4, 0.5) is 0 Å². The quantitative estimate of drug-likeness (QED) is 0.842. The number of nitrogens with one attached hydrogen (secondary N) is 1. The molecule has 5 nitrogen and oxygen atoms in total. The van der Waals surface area contributed by atoms with Gasteiger partial charge in [-0.2, -0.15) is 0 Å². The van der Waals surface area contributed by atoms with Gasteiger partial charge in [0.05, 0.1) is 6.34 Å². The second-order valence-corrected chi connectivity index (χ2v) is 4.06. The minimum Gasteiger partial charge on any atom is -0.332 e. The van der Waals surface area contributed by atoms with Crippen molar-refractivity contribution in [3.05, 3.63) is 35.9 Å². The lowest BCUT2D eigenvalue weighted by Crippen LogP contribution is -2.40. The minimum atomic E-state index is -0.134. The Labute approximate surface area is 105 Å². The van der Waals surface area contributed by atoms with Crippen LogP contribution in [0.2, 0.25) is 0 Å². The molecule has 5 heteroatoms. The SMILES string of the molecule is C1=NC(=NCCc2ccccc2)C2N=CN=C2N1. The average Bonchev–Trinajstić information content (AvgIpc) is 2.89. The second kappa shape index (κ2) is 4.91. The van der Waals surface area contributed by atoms with Gasteiger partial charge in [-0.25, -0.2) is 9.98 Å². The van der Waals surface area contributed by atoms with Gasteiger partial charge in [0.25, 0.3) is 0 Å². The van der Waals surface area contributed by atoms with Crippen LogP contribution in [0.1, 0.15) is 5.56 Å².